The van der Waals surface area contributed by atoms with Crippen molar-refractivity contribution in [2.24, 2.45) is 0 Å². The number of hydrogen-bond acceptors (Lipinski definition) is 4. The number of hydrogen-bond donors (Lipinski definition) is 1. The van der Waals surface area contributed by atoms with E-state index in [4.69, 9.17) is 14.2 Å². The molecule has 1 saturated heterocycles. The van der Waals surface area contributed by atoms with Gasteiger partial charge in [-0.1, -0.05) is 12.1 Å². The lowest BCUT2D eigenvalue weighted by atomic mass is 10.1. The van der Waals surface area contributed by atoms with E-state index in [1.165, 1.54) is 18.4 Å². The molecule has 1 aliphatic rings. The summed E-state index contributed by atoms with van der Waals surface area (Å²) in [5.74, 6) is 0.952. The van der Waals surface area contributed by atoms with Crippen LogP contribution in [0, 0.1) is 0 Å². The third-order valence-electron chi connectivity index (χ3n) is 3.67. The first-order chi connectivity index (χ1) is 10.4. The van der Waals surface area contributed by atoms with Crippen LogP contribution in [-0.4, -0.2) is 39.6 Å². The van der Waals surface area contributed by atoms with Crippen LogP contribution in [-0.2, 0) is 16.0 Å². The van der Waals surface area contributed by atoms with Crippen LogP contribution in [0.3, 0.4) is 0 Å². The van der Waals surface area contributed by atoms with Gasteiger partial charge in [0.25, 0.3) is 0 Å². The van der Waals surface area contributed by atoms with E-state index in [0.29, 0.717) is 6.10 Å². The molecule has 2 rings (SSSR count). The van der Waals surface area contributed by atoms with Gasteiger partial charge >= 0.3 is 0 Å². The number of ether oxygens (including phenoxy) is 3. The van der Waals surface area contributed by atoms with E-state index in [-0.39, 0.29) is 0 Å². The van der Waals surface area contributed by atoms with E-state index >= 15 is 0 Å². The molecule has 0 saturated carbocycles. The van der Waals surface area contributed by atoms with Crippen LogP contribution in [0.15, 0.2) is 24.3 Å². The molecular formula is C17H27NO3. The predicted octanol–water partition coefficient (Wildman–Crippen LogP) is 2.76. The van der Waals surface area contributed by atoms with Gasteiger partial charge in [-0.25, -0.2) is 0 Å². The molecule has 1 aromatic carbocycles. The minimum absolute atomic E-state index is 0.463. The summed E-state index contributed by atoms with van der Waals surface area (Å²) >= 11 is 0. The Bertz CT molecular complexity index is 391. The summed E-state index contributed by atoms with van der Waals surface area (Å²) in [6.45, 7) is 4.14. The van der Waals surface area contributed by atoms with Crippen molar-refractivity contribution in [3.63, 3.8) is 0 Å². The van der Waals surface area contributed by atoms with Gasteiger partial charge in [0.1, 0.15) is 5.75 Å². The molecule has 4 nitrogen and oxygen atoms in total. The van der Waals surface area contributed by atoms with Crippen LogP contribution in [0.2, 0.25) is 0 Å². The monoisotopic (exact) mass is 293 g/mol. The Morgan fingerprint density at radius 3 is 3.10 bits per heavy atom. The maximum Gasteiger partial charge on any atom is 0.119 e. The van der Waals surface area contributed by atoms with Gasteiger partial charge in [-0.2, -0.15) is 0 Å². The first-order valence-corrected chi connectivity index (χ1v) is 7.91. The van der Waals surface area contributed by atoms with Crippen molar-refractivity contribution in [3.05, 3.63) is 29.8 Å². The zero-order chi connectivity index (χ0) is 14.8. The molecule has 1 aliphatic heterocycles. The van der Waals surface area contributed by atoms with Crippen molar-refractivity contribution in [2.75, 3.05) is 33.5 Å². The van der Waals surface area contributed by atoms with Crippen LogP contribution >= 0.6 is 0 Å². The van der Waals surface area contributed by atoms with Gasteiger partial charge < -0.3 is 19.5 Å². The summed E-state index contributed by atoms with van der Waals surface area (Å²) < 4.78 is 16.5. The van der Waals surface area contributed by atoms with Crippen molar-refractivity contribution in [2.45, 2.75) is 38.3 Å². The molecule has 0 aliphatic carbocycles. The van der Waals surface area contributed by atoms with E-state index in [1.54, 1.807) is 7.11 Å². The molecular weight excluding hydrogens is 266 g/mol. The van der Waals surface area contributed by atoms with Gasteiger partial charge in [-0.05, 0) is 43.4 Å². The molecule has 0 amide bonds. The molecule has 1 fully saturated rings. The highest BCUT2D eigenvalue weighted by molar-refractivity contribution is 5.28. The lowest BCUT2D eigenvalue weighted by Gasteiger charge is -2.11. The first-order valence-electron chi connectivity index (χ1n) is 7.91. The SMILES string of the molecule is COCCNCc1cccc(OCCCC2CCCO2)c1. The van der Waals surface area contributed by atoms with Crippen LogP contribution in [0.1, 0.15) is 31.2 Å². The van der Waals surface area contributed by atoms with Crippen LogP contribution in [0.4, 0.5) is 0 Å². The smallest absolute Gasteiger partial charge is 0.119 e. The van der Waals surface area contributed by atoms with Gasteiger partial charge in [0.2, 0.25) is 0 Å². The second-order valence-electron chi connectivity index (χ2n) is 5.44. The van der Waals surface area contributed by atoms with E-state index in [9.17, 15) is 0 Å². The molecule has 1 N–H and O–H groups in total. The number of nitrogens with one attached hydrogen (secondary N) is 1. The summed E-state index contributed by atoms with van der Waals surface area (Å²) in [4.78, 5) is 0. The van der Waals surface area contributed by atoms with Gasteiger partial charge in [-0.15, -0.1) is 0 Å². The number of rotatable bonds is 10. The topological polar surface area (TPSA) is 39.7 Å². The van der Waals surface area contributed by atoms with Crippen molar-refractivity contribution in [1.29, 1.82) is 0 Å². The standard InChI is InChI=1S/C17H27NO3/c1-19-12-9-18-14-15-5-2-6-17(13-15)21-11-4-8-16-7-3-10-20-16/h2,5-6,13,16,18H,3-4,7-12,14H2,1H3. The second-order valence-corrected chi connectivity index (χ2v) is 5.44. The predicted molar refractivity (Wildman–Crippen MR) is 83.7 cm³/mol. The summed E-state index contributed by atoms with van der Waals surface area (Å²) in [5.41, 5.74) is 1.24. The number of methoxy groups -OCH3 is 1. The summed E-state index contributed by atoms with van der Waals surface area (Å²) in [6.07, 6.45) is 5.05. The summed E-state index contributed by atoms with van der Waals surface area (Å²) in [6, 6.07) is 8.28. The molecule has 118 valence electrons. The highest BCUT2D eigenvalue weighted by Gasteiger charge is 2.14. The molecule has 1 unspecified atom stereocenters. The third kappa shape index (κ3) is 6.46. The molecule has 0 spiro atoms. The van der Waals surface area contributed by atoms with Gasteiger partial charge in [0, 0.05) is 26.8 Å². The molecule has 4 heteroatoms. The molecule has 0 bridgehead atoms. The Morgan fingerprint density at radius 2 is 2.29 bits per heavy atom. The van der Waals surface area contributed by atoms with Crippen molar-refractivity contribution in [1.82, 2.24) is 5.32 Å². The van der Waals surface area contributed by atoms with Gasteiger partial charge in [0.05, 0.1) is 19.3 Å². The van der Waals surface area contributed by atoms with Crippen LogP contribution < -0.4 is 10.1 Å². The van der Waals surface area contributed by atoms with Crippen molar-refractivity contribution < 1.29 is 14.2 Å². The minimum atomic E-state index is 0.463. The fraction of sp³-hybridized carbons (Fsp3) is 0.647. The van der Waals surface area contributed by atoms with Gasteiger partial charge in [-0.3, -0.25) is 0 Å². The van der Waals surface area contributed by atoms with Gasteiger partial charge in [0.15, 0.2) is 0 Å². The van der Waals surface area contributed by atoms with E-state index in [1.807, 2.05) is 12.1 Å². The zero-order valence-corrected chi connectivity index (χ0v) is 13.0. The number of benzene rings is 1. The average molecular weight is 293 g/mol. The Labute approximate surface area is 127 Å². The fourth-order valence-electron chi connectivity index (χ4n) is 2.53. The molecule has 1 heterocycles. The quantitative estimate of drug-likeness (QED) is 0.673. The second kappa shape index (κ2) is 9.77. The van der Waals surface area contributed by atoms with Crippen molar-refractivity contribution >= 4 is 0 Å². The fourth-order valence-corrected chi connectivity index (χ4v) is 2.53. The molecule has 0 radical (unpaired) electrons. The minimum Gasteiger partial charge on any atom is -0.494 e. The van der Waals surface area contributed by atoms with Crippen LogP contribution in [0.25, 0.3) is 0 Å². The third-order valence-corrected chi connectivity index (χ3v) is 3.67. The highest BCUT2D eigenvalue weighted by atomic mass is 16.5. The average Bonchev–Trinajstić information content (AvgIpc) is 3.02. The Kier molecular flexibility index (Phi) is 7.57. The maximum absolute atomic E-state index is 5.83. The lowest BCUT2D eigenvalue weighted by molar-refractivity contribution is 0.0981. The summed E-state index contributed by atoms with van der Waals surface area (Å²) in [7, 11) is 1.72. The Hall–Kier alpha value is -1.10. The summed E-state index contributed by atoms with van der Waals surface area (Å²) in [5, 5.41) is 3.34. The zero-order valence-electron chi connectivity index (χ0n) is 13.0. The van der Waals surface area contributed by atoms with Crippen molar-refractivity contribution in [3.8, 4) is 5.75 Å². The molecule has 1 atom stereocenters. The highest BCUT2D eigenvalue weighted by Crippen LogP contribution is 2.18. The van der Waals surface area contributed by atoms with E-state index in [0.717, 1.165) is 51.5 Å². The van der Waals surface area contributed by atoms with E-state index < -0.39 is 0 Å². The Morgan fingerprint density at radius 1 is 1.33 bits per heavy atom. The van der Waals surface area contributed by atoms with Crippen LogP contribution in [0.5, 0.6) is 5.75 Å². The normalized spacial score (nSPS) is 18.0. The maximum atomic E-state index is 5.83. The lowest BCUT2D eigenvalue weighted by Crippen LogP contribution is -2.18. The molecule has 1 aromatic rings. The first kappa shape index (κ1) is 16.3. The Balaban J connectivity index is 1.63. The molecule has 0 aromatic heterocycles. The largest absolute Gasteiger partial charge is 0.494 e. The van der Waals surface area contributed by atoms with E-state index in [2.05, 4.69) is 17.4 Å². The molecule has 21 heavy (non-hydrogen) atoms.